The highest BCUT2D eigenvalue weighted by molar-refractivity contribution is 6.31. The van der Waals surface area contributed by atoms with Crippen LogP contribution in [-0.4, -0.2) is 41.5 Å². The van der Waals surface area contributed by atoms with Crippen LogP contribution in [0.4, 0.5) is 10.3 Å². The van der Waals surface area contributed by atoms with E-state index in [2.05, 4.69) is 20.5 Å². The fourth-order valence-electron chi connectivity index (χ4n) is 2.34. The lowest BCUT2D eigenvalue weighted by Crippen LogP contribution is -2.18. The molecule has 11 heteroatoms. The normalized spacial score (nSPS) is 10.7. The third-order valence-electron chi connectivity index (χ3n) is 3.62. The number of benzene rings is 1. The molecule has 2 heterocycles. The van der Waals surface area contributed by atoms with Gasteiger partial charge in [0.05, 0.1) is 13.1 Å². The number of carboxylic acids is 1. The van der Waals surface area contributed by atoms with Gasteiger partial charge in [0.2, 0.25) is 11.9 Å². The molecular formula is C16H14ClFN6O3. The zero-order chi connectivity index (χ0) is 19.4. The van der Waals surface area contributed by atoms with Crippen molar-refractivity contribution >= 4 is 29.4 Å². The van der Waals surface area contributed by atoms with E-state index in [-0.39, 0.29) is 42.1 Å². The highest BCUT2D eigenvalue weighted by Crippen LogP contribution is 2.18. The Kier molecular flexibility index (Phi) is 5.46. The molecule has 27 heavy (non-hydrogen) atoms. The van der Waals surface area contributed by atoms with E-state index in [0.29, 0.717) is 5.56 Å². The number of amides is 1. The van der Waals surface area contributed by atoms with E-state index in [1.807, 2.05) is 0 Å². The lowest BCUT2D eigenvalue weighted by Gasteiger charge is -2.05. The van der Waals surface area contributed by atoms with Gasteiger partial charge in [-0.15, -0.1) is 5.10 Å². The van der Waals surface area contributed by atoms with Gasteiger partial charge in [0.15, 0.2) is 0 Å². The van der Waals surface area contributed by atoms with Crippen molar-refractivity contribution in [3.63, 3.8) is 0 Å². The summed E-state index contributed by atoms with van der Waals surface area (Å²) in [6, 6.07) is 5.39. The molecule has 0 atom stereocenters. The van der Waals surface area contributed by atoms with Crippen molar-refractivity contribution in [3.8, 4) is 0 Å². The Hall–Kier alpha value is -3.27. The fourth-order valence-corrected chi connectivity index (χ4v) is 2.57. The van der Waals surface area contributed by atoms with E-state index >= 15 is 0 Å². The van der Waals surface area contributed by atoms with Gasteiger partial charge in [-0.05, 0) is 23.8 Å². The van der Waals surface area contributed by atoms with Gasteiger partial charge >= 0.3 is 5.97 Å². The average molecular weight is 393 g/mol. The van der Waals surface area contributed by atoms with Crippen molar-refractivity contribution in [1.29, 1.82) is 0 Å². The van der Waals surface area contributed by atoms with Crippen molar-refractivity contribution in [2.45, 2.75) is 19.5 Å². The Balaban J connectivity index is 1.56. The smallest absolute Gasteiger partial charge is 0.354 e. The third-order valence-corrected chi connectivity index (χ3v) is 3.97. The van der Waals surface area contributed by atoms with Crippen molar-refractivity contribution in [3.05, 3.63) is 58.9 Å². The number of nitrogens with one attached hydrogen (secondary N) is 1. The second-order valence-corrected chi connectivity index (χ2v) is 5.95. The number of hydrogen-bond donors (Lipinski definition) is 2. The van der Waals surface area contributed by atoms with Gasteiger partial charge in [-0.3, -0.25) is 14.8 Å². The molecule has 140 valence electrons. The lowest BCUT2D eigenvalue weighted by molar-refractivity contribution is -0.116. The summed E-state index contributed by atoms with van der Waals surface area (Å²) >= 11 is 5.97. The van der Waals surface area contributed by atoms with Crippen LogP contribution >= 0.6 is 11.6 Å². The predicted octanol–water partition coefficient (Wildman–Crippen LogP) is 2.04. The van der Waals surface area contributed by atoms with Gasteiger partial charge < -0.3 is 5.11 Å². The second kappa shape index (κ2) is 7.96. The molecule has 0 bridgehead atoms. The minimum absolute atomic E-state index is 0.000288. The molecule has 0 aliphatic rings. The van der Waals surface area contributed by atoms with Crippen LogP contribution in [0.1, 0.15) is 22.5 Å². The standard InChI is InChI=1S/C16H14ClFN6O3/c17-12-7-11(18)2-1-10(12)8-23-9-19-16(22-23)21-14(25)4-6-24-13(15(26)27)3-5-20-24/h1-3,5,7,9H,4,6,8H2,(H,26,27)(H,21,22,25). The Morgan fingerprint density at radius 2 is 2.11 bits per heavy atom. The first-order valence-corrected chi connectivity index (χ1v) is 8.18. The van der Waals surface area contributed by atoms with E-state index in [0.717, 1.165) is 0 Å². The molecule has 3 aromatic rings. The largest absolute Gasteiger partial charge is 0.477 e. The number of nitrogens with zero attached hydrogens (tertiary/aromatic N) is 5. The Morgan fingerprint density at radius 3 is 2.85 bits per heavy atom. The molecule has 3 rings (SSSR count). The number of halogens is 2. The number of aromatic nitrogens is 5. The van der Waals surface area contributed by atoms with Crippen molar-refractivity contribution < 1.29 is 19.1 Å². The lowest BCUT2D eigenvalue weighted by atomic mass is 10.2. The molecule has 2 aromatic heterocycles. The number of anilines is 1. The Bertz CT molecular complexity index is 986. The molecular weight excluding hydrogens is 379 g/mol. The summed E-state index contributed by atoms with van der Waals surface area (Å²) in [5, 5.41) is 19.8. The molecule has 1 aromatic carbocycles. The highest BCUT2D eigenvalue weighted by atomic mass is 35.5. The summed E-state index contributed by atoms with van der Waals surface area (Å²) < 4.78 is 15.7. The van der Waals surface area contributed by atoms with Crippen LogP contribution in [0.3, 0.4) is 0 Å². The van der Waals surface area contributed by atoms with Gasteiger partial charge in [0, 0.05) is 17.6 Å². The maximum atomic E-state index is 13.1. The van der Waals surface area contributed by atoms with Gasteiger partial charge in [-0.25, -0.2) is 18.9 Å². The minimum Gasteiger partial charge on any atom is -0.477 e. The second-order valence-electron chi connectivity index (χ2n) is 5.54. The molecule has 1 amide bonds. The molecule has 0 aliphatic carbocycles. The minimum atomic E-state index is -1.12. The van der Waals surface area contributed by atoms with Gasteiger partial charge in [0.1, 0.15) is 17.8 Å². The molecule has 0 spiro atoms. The zero-order valence-electron chi connectivity index (χ0n) is 13.8. The van der Waals surface area contributed by atoms with E-state index in [1.54, 1.807) is 6.07 Å². The highest BCUT2D eigenvalue weighted by Gasteiger charge is 2.13. The van der Waals surface area contributed by atoms with E-state index in [9.17, 15) is 14.0 Å². The summed E-state index contributed by atoms with van der Waals surface area (Å²) in [6.45, 7) is 0.365. The molecule has 0 saturated carbocycles. The molecule has 0 fully saturated rings. The van der Waals surface area contributed by atoms with E-state index < -0.39 is 11.8 Å². The maximum Gasteiger partial charge on any atom is 0.354 e. The molecule has 0 radical (unpaired) electrons. The van der Waals surface area contributed by atoms with Crippen LogP contribution in [-0.2, 0) is 17.9 Å². The van der Waals surface area contributed by atoms with E-state index in [4.69, 9.17) is 16.7 Å². The van der Waals surface area contributed by atoms with Gasteiger partial charge in [0.25, 0.3) is 0 Å². The monoisotopic (exact) mass is 392 g/mol. The fraction of sp³-hybridized carbons (Fsp3) is 0.188. The first-order chi connectivity index (χ1) is 12.9. The third kappa shape index (κ3) is 4.67. The summed E-state index contributed by atoms with van der Waals surface area (Å²) in [5.41, 5.74) is 0.655. The number of hydrogen-bond acceptors (Lipinski definition) is 5. The van der Waals surface area contributed by atoms with Crippen LogP contribution in [0.25, 0.3) is 0 Å². The first kappa shape index (κ1) is 18.5. The zero-order valence-corrected chi connectivity index (χ0v) is 14.6. The van der Waals surface area contributed by atoms with Crippen molar-refractivity contribution in [2.75, 3.05) is 5.32 Å². The number of carbonyl (C=O) groups excluding carboxylic acids is 1. The Morgan fingerprint density at radius 1 is 1.30 bits per heavy atom. The van der Waals surface area contributed by atoms with Crippen LogP contribution in [0.5, 0.6) is 0 Å². The average Bonchev–Trinajstić information content (AvgIpc) is 3.25. The van der Waals surface area contributed by atoms with Crippen LogP contribution in [0, 0.1) is 5.82 Å². The predicted molar refractivity (Wildman–Crippen MR) is 93.0 cm³/mol. The number of carbonyl (C=O) groups is 2. The molecule has 9 nitrogen and oxygen atoms in total. The summed E-state index contributed by atoms with van der Waals surface area (Å²) in [4.78, 5) is 27.0. The number of rotatable bonds is 7. The number of aryl methyl sites for hydroxylation is 1. The summed E-state index contributed by atoms with van der Waals surface area (Å²) in [7, 11) is 0. The quantitative estimate of drug-likeness (QED) is 0.635. The van der Waals surface area contributed by atoms with Crippen molar-refractivity contribution in [1.82, 2.24) is 24.5 Å². The van der Waals surface area contributed by atoms with Crippen LogP contribution < -0.4 is 5.32 Å². The molecule has 0 aliphatic heterocycles. The number of carboxylic acid groups (broad SMARTS) is 1. The first-order valence-electron chi connectivity index (χ1n) is 7.80. The van der Waals surface area contributed by atoms with Crippen LogP contribution in [0.15, 0.2) is 36.8 Å². The number of aromatic carboxylic acids is 1. The molecule has 0 saturated heterocycles. The van der Waals surface area contributed by atoms with E-state index in [1.165, 1.54) is 40.1 Å². The van der Waals surface area contributed by atoms with Crippen molar-refractivity contribution in [2.24, 2.45) is 0 Å². The summed E-state index contributed by atoms with van der Waals surface area (Å²) in [5.74, 6) is -1.84. The van der Waals surface area contributed by atoms with Gasteiger partial charge in [-0.2, -0.15) is 5.10 Å². The van der Waals surface area contributed by atoms with Crippen LogP contribution in [0.2, 0.25) is 5.02 Å². The SMILES string of the molecule is O=C(CCn1nccc1C(=O)O)Nc1ncn(Cc2ccc(F)cc2Cl)n1. The maximum absolute atomic E-state index is 13.1. The summed E-state index contributed by atoms with van der Waals surface area (Å²) in [6.07, 6.45) is 2.76. The Labute approximate surface area is 157 Å². The molecule has 0 unspecified atom stereocenters. The molecule has 2 N–H and O–H groups in total. The van der Waals surface area contributed by atoms with Gasteiger partial charge in [-0.1, -0.05) is 17.7 Å². The topological polar surface area (TPSA) is 115 Å².